The molecular weight excluding hydrogens is 370 g/mol. The van der Waals surface area contributed by atoms with Gasteiger partial charge in [-0.3, -0.25) is 5.41 Å². The van der Waals surface area contributed by atoms with Gasteiger partial charge in [-0.15, -0.1) is 0 Å². The summed E-state index contributed by atoms with van der Waals surface area (Å²) in [7, 11) is 1.88. The van der Waals surface area contributed by atoms with Gasteiger partial charge in [0.25, 0.3) is 0 Å². The maximum Gasteiger partial charge on any atom is 0.119 e. The molecule has 0 spiro atoms. The van der Waals surface area contributed by atoms with Crippen LogP contribution in [-0.4, -0.2) is 30.9 Å². The third-order valence-electron chi connectivity index (χ3n) is 5.52. The average molecular weight is 402 g/mol. The van der Waals surface area contributed by atoms with Crippen LogP contribution in [0, 0.1) is 5.41 Å². The number of hydrogen-bond acceptors (Lipinski definition) is 4. The van der Waals surface area contributed by atoms with Gasteiger partial charge in [-0.05, 0) is 40.8 Å². The predicted molar refractivity (Wildman–Crippen MR) is 127 cm³/mol. The van der Waals surface area contributed by atoms with Crippen LogP contribution >= 0.6 is 0 Å². The summed E-state index contributed by atoms with van der Waals surface area (Å²) in [4.78, 5) is 4.31. The van der Waals surface area contributed by atoms with Gasteiger partial charge in [-0.1, -0.05) is 62.6 Å². The van der Waals surface area contributed by atoms with Gasteiger partial charge in [-0.25, -0.2) is 0 Å². The van der Waals surface area contributed by atoms with Crippen molar-refractivity contribution in [2.75, 3.05) is 25.0 Å². The molecule has 1 atom stereocenters. The van der Waals surface area contributed by atoms with E-state index in [-0.39, 0.29) is 11.9 Å². The van der Waals surface area contributed by atoms with Gasteiger partial charge < -0.3 is 20.9 Å². The first-order chi connectivity index (χ1) is 14.5. The van der Waals surface area contributed by atoms with E-state index in [1.165, 1.54) is 5.56 Å². The molecule has 30 heavy (non-hydrogen) atoms. The highest BCUT2D eigenvalue weighted by Crippen LogP contribution is 2.33. The molecule has 0 aromatic heterocycles. The first-order valence-corrected chi connectivity index (χ1v) is 10.3. The highest BCUT2D eigenvalue weighted by Gasteiger charge is 2.32. The van der Waals surface area contributed by atoms with Crippen molar-refractivity contribution in [3.63, 3.8) is 0 Å². The number of hydrogen-bond donors (Lipinski definition) is 3. The minimum atomic E-state index is -0.306. The summed E-state index contributed by atoms with van der Waals surface area (Å²) in [6.45, 7) is 11.9. The molecule has 4 N–H and O–H groups in total. The second kappa shape index (κ2) is 9.35. The molecule has 1 heterocycles. The van der Waals surface area contributed by atoms with Gasteiger partial charge in [0.2, 0.25) is 0 Å². The summed E-state index contributed by atoms with van der Waals surface area (Å²) in [6, 6.07) is 16.4. The number of aryl methyl sites for hydroxylation is 1. The largest absolute Gasteiger partial charge is 0.393 e. The summed E-state index contributed by atoms with van der Waals surface area (Å²) in [5, 5.41) is 11.3. The van der Waals surface area contributed by atoms with Gasteiger partial charge in [0.15, 0.2) is 0 Å². The molecule has 1 unspecified atom stereocenters. The number of rotatable bonds is 8. The molecule has 5 nitrogen and oxygen atoms in total. The molecule has 0 saturated carbocycles. The third-order valence-corrected chi connectivity index (χ3v) is 5.52. The van der Waals surface area contributed by atoms with Gasteiger partial charge in [-0.2, -0.15) is 0 Å². The molecule has 156 valence electrons. The number of amidine groups is 1. The number of nitrogens with zero attached hydrogens (tertiary/aromatic N) is 2. The van der Waals surface area contributed by atoms with E-state index in [9.17, 15) is 0 Å². The van der Waals surface area contributed by atoms with E-state index in [0.29, 0.717) is 0 Å². The Morgan fingerprint density at radius 3 is 2.57 bits per heavy atom. The van der Waals surface area contributed by atoms with E-state index < -0.39 is 0 Å². The minimum Gasteiger partial charge on any atom is -0.393 e. The summed E-state index contributed by atoms with van der Waals surface area (Å²) in [5.74, 6) is 0.994. The first kappa shape index (κ1) is 21.2. The van der Waals surface area contributed by atoms with Crippen molar-refractivity contribution >= 4 is 17.1 Å². The van der Waals surface area contributed by atoms with Gasteiger partial charge >= 0.3 is 0 Å². The zero-order valence-corrected chi connectivity index (χ0v) is 17.9. The normalized spacial score (nSPS) is 15.3. The fourth-order valence-corrected chi connectivity index (χ4v) is 3.94. The zero-order valence-electron chi connectivity index (χ0n) is 17.9. The van der Waals surface area contributed by atoms with Crippen molar-refractivity contribution in [2.45, 2.75) is 19.4 Å². The highest BCUT2D eigenvalue weighted by molar-refractivity contribution is 5.84. The fraction of sp³-hybridized carbons (Fsp3) is 0.240. The van der Waals surface area contributed by atoms with Crippen molar-refractivity contribution in [3.8, 4) is 0 Å². The van der Waals surface area contributed by atoms with Crippen LogP contribution in [0.4, 0.5) is 5.69 Å². The number of benzene rings is 2. The Labute approximate surface area is 179 Å². The standard InChI is InChI=1S/C25H31N5/c1-5-19-8-7-9-22(16-19)24(25(26)27)30-15-14-29(18(30)3)23-12-10-21(11-13-23)20(6-2)17-28-4/h6-13,16-17,24,28H,2-3,5,14-15H2,1,4H3,(H3,26,27)/b20-17+. The molecule has 0 bridgehead atoms. The lowest BCUT2D eigenvalue weighted by Crippen LogP contribution is -2.35. The van der Waals surface area contributed by atoms with Crippen LogP contribution in [-0.2, 0) is 6.42 Å². The maximum absolute atomic E-state index is 8.23. The Kier molecular flexibility index (Phi) is 6.62. The van der Waals surface area contributed by atoms with Crippen LogP contribution in [0.25, 0.3) is 5.57 Å². The Balaban J connectivity index is 1.84. The molecule has 0 amide bonds. The van der Waals surface area contributed by atoms with E-state index in [4.69, 9.17) is 11.1 Å². The Morgan fingerprint density at radius 1 is 1.23 bits per heavy atom. The highest BCUT2D eigenvalue weighted by atomic mass is 15.4. The summed E-state index contributed by atoms with van der Waals surface area (Å²) < 4.78 is 0. The van der Waals surface area contributed by atoms with E-state index in [1.807, 2.05) is 31.5 Å². The number of nitrogens with one attached hydrogen (secondary N) is 2. The average Bonchev–Trinajstić information content (AvgIpc) is 3.13. The lowest BCUT2D eigenvalue weighted by molar-refractivity contribution is 0.358. The second-order valence-corrected chi connectivity index (χ2v) is 7.36. The van der Waals surface area contributed by atoms with Crippen LogP contribution in [0.3, 0.4) is 0 Å². The molecule has 1 aliphatic heterocycles. The molecule has 1 aliphatic rings. The first-order valence-electron chi connectivity index (χ1n) is 10.3. The lowest BCUT2D eigenvalue weighted by Gasteiger charge is -2.31. The second-order valence-electron chi connectivity index (χ2n) is 7.36. The molecule has 1 saturated heterocycles. The van der Waals surface area contributed by atoms with Crippen LogP contribution in [0.5, 0.6) is 0 Å². The zero-order chi connectivity index (χ0) is 21.7. The Morgan fingerprint density at radius 2 is 1.97 bits per heavy atom. The Hall–Kier alpha value is -3.47. The molecule has 2 aromatic rings. The molecule has 5 heteroatoms. The third kappa shape index (κ3) is 4.25. The van der Waals surface area contributed by atoms with Gasteiger partial charge in [0.05, 0.1) is 0 Å². The van der Waals surface area contributed by atoms with E-state index >= 15 is 0 Å². The van der Waals surface area contributed by atoms with Crippen LogP contribution in [0.1, 0.15) is 29.7 Å². The lowest BCUT2D eigenvalue weighted by atomic mass is 10.0. The molecular formula is C25H31N5. The summed E-state index contributed by atoms with van der Waals surface area (Å²) >= 11 is 0. The van der Waals surface area contributed by atoms with Crippen LogP contribution in [0.2, 0.25) is 0 Å². The molecule has 1 fully saturated rings. The summed E-state index contributed by atoms with van der Waals surface area (Å²) in [5.41, 5.74) is 11.5. The maximum atomic E-state index is 8.23. The van der Waals surface area contributed by atoms with Gasteiger partial charge in [0.1, 0.15) is 17.7 Å². The monoisotopic (exact) mass is 401 g/mol. The van der Waals surface area contributed by atoms with Crippen molar-refractivity contribution in [1.29, 1.82) is 5.41 Å². The quantitative estimate of drug-likeness (QED) is 0.351. The van der Waals surface area contributed by atoms with Crippen molar-refractivity contribution < 1.29 is 0 Å². The van der Waals surface area contributed by atoms with E-state index in [2.05, 4.69) is 71.6 Å². The summed E-state index contributed by atoms with van der Waals surface area (Å²) in [6.07, 6.45) is 4.72. The SMILES string of the molecule is C=C/C(=C\NC)c1ccc(N2CCN(C(C(=N)N)c3cccc(CC)c3)C2=C)cc1. The molecule has 2 aromatic carbocycles. The van der Waals surface area contributed by atoms with Crippen LogP contribution in [0.15, 0.2) is 79.8 Å². The topological polar surface area (TPSA) is 68.4 Å². The van der Waals surface area contributed by atoms with Gasteiger partial charge in [0, 0.05) is 32.0 Å². The molecule has 3 rings (SSSR count). The van der Waals surface area contributed by atoms with E-state index in [0.717, 1.165) is 47.7 Å². The molecule has 0 radical (unpaired) electrons. The van der Waals surface area contributed by atoms with Crippen LogP contribution < -0.4 is 16.0 Å². The van der Waals surface area contributed by atoms with Crippen molar-refractivity contribution in [2.24, 2.45) is 5.73 Å². The fourth-order valence-electron chi connectivity index (χ4n) is 3.94. The number of nitrogens with two attached hydrogens (primary N) is 1. The van der Waals surface area contributed by atoms with E-state index in [1.54, 1.807) is 0 Å². The van der Waals surface area contributed by atoms with Crippen molar-refractivity contribution in [3.05, 3.63) is 96.5 Å². The predicted octanol–water partition coefficient (Wildman–Crippen LogP) is 4.27. The Bertz CT molecular complexity index is 958. The number of anilines is 1. The van der Waals surface area contributed by atoms with Crippen molar-refractivity contribution in [1.82, 2.24) is 10.2 Å². The molecule has 0 aliphatic carbocycles. The smallest absolute Gasteiger partial charge is 0.119 e. The minimum absolute atomic E-state index is 0.134. The number of allylic oxidation sites excluding steroid dienone is 2.